The van der Waals surface area contributed by atoms with E-state index in [0.717, 1.165) is 5.56 Å². The van der Waals surface area contributed by atoms with E-state index in [-0.39, 0.29) is 11.4 Å². The number of aromatic hydroxyl groups is 1. The van der Waals surface area contributed by atoms with Crippen molar-refractivity contribution in [3.05, 3.63) is 27.9 Å². The van der Waals surface area contributed by atoms with Gasteiger partial charge in [-0.25, -0.2) is 4.79 Å². The highest BCUT2D eigenvalue weighted by atomic mass is 79.9. The largest absolute Gasteiger partial charge is 0.504 e. The van der Waals surface area contributed by atoms with Crippen LogP contribution in [0.15, 0.2) is 16.6 Å². The first-order valence-corrected chi connectivity index (χ1v) is 6.49. The molecule has 2 N–H and O–H groups in total. The number of aromatic carboxylic acids is 1. The molecule has 0 aliphatic rings. The zero-order valence-electron chi connectivity index (χ0n) is 11.1. The van der Waals surface area contributed by atoms with Gasteiger partial charge in [-0.3, -0.25) is 4.68 Å². The van der Waals surface area contributed by atoms with E-state index in [1.165, 1.54) is 17.9 Å². The monoisotopic (exact) mass is 340 g/mol. The molecule has 20 heavy (non-hydrogen) atoms. The number of phenols is 1. The average molecular weight is 341 g/mol. The molecule has 0 atom stereocenters. The molecular weight excluding hydrogens is 328 g/mol. The summed E-state index contributed by atoms with van der Waals surface area (Å²) in [6, 6.07) is 3.10. The number of carboxylic acids is 1. The SMILES string of the molecule is COc1cc(C)c(Br)c(-c2cc(C(=O)O)nn2C)c1O. The van der Waals surface area contributed by atoms with Crippen LogP contribution in [0.25, 0.3) is 11.3 Å². The Labute approximate surface area is 123 Å². The van der Waals surface area contributed by atoms with Crippen molar-refractivity contribution in [1.29, 1.82) is 0 Å². The lowest BCUT2D eigenvalue weighted by atomic mass is 10.1. The quantitative estimate of drug-likeness (QED) is 0.896. The van der Waals surface area contributed by atoms with E-state index in [1.54, 1.807) is 13.1 Å². The highest BCUT2D eigenvalue weighted by Crippen LogP contribution is 2.44. The summed E-state index contributed by atoms with van der Waals surface area (Å²) in [7, 11) is 3.07. The molecule has 0 spiro atoms. The van der Waals surface area contributed by atoms with Crippen LogP contribution in [-0.4, -0.2) is 33.1 Å². The van der Waals surface area contributed by atoms with Gasteiger partial charge in [0.1, 0.15) is 0 Å². The molecule has 0 amide bonds. The Hall–Kier alpha value is -2.02. The number of halogens is 1. The number of phenolic OH excluding ortho intramolecular Hbond substituents is 1. The number of ether oxygens (including phenoxy) is 1. The second-order valence-corrected chi connectivity index (χ2v) is 5.07. The lowest BCUT2D eigenvalue weighted by molar-refractivity contribution is 0.0689. The molecule has 0 radical (unpaired) electrons. The molecule has 0 saturated heterocycles. The van der Waals surface area contributed by atoms with Crippen molar-refractivity contribution in [2.24, 2.45) is 7.05 Å². The van der Waals surface area contributed by atoms with Crippen LogP contribution in [0.2, 0.25) is 0 Å². The molecular formula is C13H13BrN2O4. The van der Waals surface area contributed by atoms with Crippen molar-refractivity contribution in [3.63, 3.8) is 0 Å². The van der Waals surface area contributed by atoms with Gasteiger partial charge in [0.2, 0.25) is 0 Å². The summed E-state index contributed by atoms with van der Waals surface area (Å²) in [5.41, 5.74) is 1.69. The first-order chi connectivity index (χ1) is 9.36. The summed E-state index contributed by atoms with van der Waals surface area (Å²) in [6.45, 7) is 1.85. The van der Waals surface area contributed by atoms with E-state index >= 15 is 0 Å². The summed E-state index contributed by atoms with van der Waals surface area (Å²) in [5.74, 6) is -0.870. The predicted octanol–water partition coefficient (Wildman–Crippen LogP) is 2.57. The van der Waals surface area contributed by atoms with Crippen molar-refractivity contribution < 1.29 is 19.7 Å². The molecule has 0 fully saturated rings. The summed E-state index contributed by atoms with van der Waals surface area (Å²) in [6.07, 6.45) is 0. The maximum absolute atomic E-state index is 11.0. The van der Waals surface area contributed by atoms with Crippen molar-refractivity contribution in [1.82, 2.24) is 9.78 Å². The number of rotatable bonds is 3. The summed E-state index contributed by atoms with van der Waals surface area (Å²) in [5, 5.41) is 23.2. The molecule has 0 bridgehead atoms. The van der Waals surface area contributed by atoms with Gasteiger partial charge in [0.25, 0.3) is 0 Å². The third-order valence-corrected chi connectivity index (χ3v) is 3.98. The van der Waals surface area contributed by atoms with E-state index in [0.29, 0.717) is 21.5 Å². The number of carbonyl (C=O) groups is 1. The molecule has 1 heterocycles. The normalized spacial score (nSPS) is 10.6. The number of methoxy groups -OCH3 is 1. The van der Waals surface area contributed by atoms with Crippen LogP contribution in [0.1, 0.15) is 16.1 Å². The first kappa shape index (κ1) is 14.4. The van der Waals surface area contributed by atoms with E-state index < -0.39 is 5.97 Å². The lowest BCUT2D eigenvalue weighted by Gasteiger charge is -2.13. The fourth-order valence-corrected chi connectivity index (χ4v) is 2.45. The fourth-order valence-electron chi connectivity index (χ4n) is 1.95. The molecule has 1 aromatic carbocycles. The molecule has 2 aromatic rings. The molecule has 0 aliphatic heterocycles. The van der Waals surface area contributed by atoms with Gasteiger partial charge < -0.3 is 14.9 Å². The van der Waals surface area contributed by atoms with E-state index in [4.69, 9.17) is 9.84 Å². The summed E-state index contributed by atoms with van der Waals surface area (Å²) >= 11 is 3.41. The van der Waals surface area contributed by atoms with Crippen molar-refractivity contribution >= 4 is 21.9 Å². The molecule has 0 saturated carbocycles. The second kappa shape index (κ2) is 5.16. The molecule has 2 rings (SSSR count). The Morgan fingerprint density at radius 3 is 2.60 bits per heavy atom. The number of nitrogens with zero attached hydrogens (tertiary/aromatic N) is 2. The number of hydrogen-bond acceptors (Lipinski definition) is 4. The third-order valence-electron chi connectivity index (χ3n) is 2.96. The van der Waals surface area contributed by atoms with E-state index in [2.05, 4.69) is 21.0 Å². The number of aromatic nitrogens is 2. The maximum atomic E-state index is 11.0. The maximum Gasteiger partial charge on any atom is 0.356 e. The minimum absolute atomic E-state index is 0.0649. The Morgan fingerprint density at radius 1 is 1.45 bits per heavy atom. The predicted molar refractivity (Wildman–Crippen MR) is 76.3 cm³/mol. The minimum atomic E-state index is -1.12. The minimum Gasteiger partial charge on any atom is -0.504 e. The van der Waals surface area contributed by atoms with Gasteiger partial charge in [-0.05, 0) is 40.5 Å². The van der Waals surface area contributed by atoms with Crippen molar-refractivity contribution in [3.8, 4) is 22.8 Å². The van der Waals surface area contributed by atoms with Gasteiger partial charge in [0.15, 0.2) is 17.2 Å². The van der Waals surface area contributed by atoms with E-state index in [1.807, 2.05) is 6.92 Å². The Morgan fingerprint density at radius 2 is 2.10 bits per heavy atom. The van der Waals surface area contributed by atoms with Crippen LogP contribution < -0.4 is 4.74 Å². The third kappa shape index (κ3) is 2.24. The number of carboxylic acid groups (broad SMARTS) is 1. The van der Waals surface area contributed by atoms with Gasteiger partial charge >= 0.3 is 5.97 Å². The highest BCUT2D eigenvalue weighted by Gasteiger charge is 2.21. The lowest BCUT2D eigenvalue weighted by Crippen LogP contribution is -2.00. The number of hydrogen-bond donors (Lipinski definition) is 2. The molecule has 1 aromatic heterocycles. The average Bonchev–Trinajstić information content (AvgIpc) is 2.77. The standard InChI is InChI=1S/C13H13BrN2O4/c1-6-4-9(20-3)12(17)10(11(6)14)8-5-7(13(18)19)15-16(8)2/h4-5,17H,1-3H3,(H,18,19). The van der Waals surface area contributed by atoms with Crippen LogP contribution in [0.5, 0.6) is 11.5 Å². The molecule has 106 valence electrons. The zero-order chi connectivity index (χ0) is 15.0. The fraction of sp³-hybridized carbons (Fsp3) is 0.231. The Kier molecular flexibility index (Phi) is 3.71. The van der Waals surface area contributed by atoms with Gasteiger partial charge in [-0.2, -0.15) is 5.10 Å². The van der Waals surface area contributed by atoms with Gasteiger partial charge in [-0.15, -0.1) is 0 Å². The Balaban J connectivity index is 2.75. The van der Waals surface area contributed by atoms with E-state index in [9.17, 15) is 9.90 Å². The van der Waals surface area contributed by atoms with Crippen molar-refractivity contribution in [2.45, 2.75) is 6.92 Å². The van der Waals surface area contributed by atoms with Crippen LogP contribution in [0.3, 0.4) is 0 Å². The highest BCUT2D eigenvalue weighted by molar-refractivity contribution is 9.10. The molecule has 6 nitrogen and oxygen atoms in total. The van der Waals surface area contributed by atoms with Gasteiger partial charge in [0, 0.05) is 11.5 Å². The van der Waals surface area contributed by atoms with Crippen LogP contribution in [0.4, 0.5) is 0 Å². The number of aryl methyl sites for hydroxylation is 2. The topological polar surface area (TPSA) is 84.6 Å². The zero-order valence-corrected chi connectivity index (χ0v) is 12.7. The molecule has 0 aliphatic carbocycles. The van der Waals surface area contributed by atoms with Crippen molar-refractivity contribution in [2.75, 3.05) is 7.11 Å². The summed E-state index contributed by atoms with van der Waals surface area (Å²) in [4.78, 5) is 11.0. The Bertz CT molecular complexity index is 694. The number of benzene rings is 1. The molecule has 7 heteroatoms. The van der Waals surface area contributed by atoms with Gasteiger partial charge in [-0.1, -0.05) is 0 Å². The molecule has 0 unspecified atom stereocenters. The van der Waals surface area contributed by atoms with Crippen LogP contribution in [-0.2, 0) is 7.05 Å². The first-order valence-electron chi connectivity index (χ1n) is 5.70. The second-order valence-electron chi connectivity index (χ2n) is 4.28. The van der Waals surface area contributed by atoms with Crippen LogP contribution >= 0.6 is 15.9 Å². The van der Waals surface area contributed by atoms with Crippen LogP contribution in [0, 0.1) is 6.92 Å². The smallest absolute Gasteiger partial charge is 0.356 e. The van der Waals surface area contributed by atoms with Gasteiger partial charge in [0.05, 0.1) is 18.4 Å². The summed E-state index contributed by atoms with van der Waals surface area (Å²) < 4.78 is 7.19.